The highest BCUT2D eigenvalue weighted by atomic mass is 16.3. The van der Waals surface area contributed by atoms with Crippen LogP contribution in [0.2, 0.25) is 0 Å². The number of phenolic OH excluding ortho intramolecular Hbond substituents is 1. The van der Waals surface area contributed by atoms with Crippen LogP contribution in [0.1, 0.15) is 54.6 Å². The third-order valence-electron chi connectivity index (χ3n) is 3.68. The molecule has 0 unspecified atom stereocenters. The number of nitrogens with one attached hydrogen (secondary N) is 1. The van der Waals surface area contributed by atoms with Gasteiger partial charge in [-0.15, -0.1) is 0 Å². The van der Waals surface area contributed by atoms with Gasteiger partial charge in [0.25, 0.3) is 5.91 Å². The number of rotatable bonds is 5. The second kappa shape index (κ2) is 7.58. The molecule has 2 aromatic rings. The minimum Gasteiger partial charge on any atom is -0.507 e. The Balaban J connectivity index is 2.14. The lowest BCUT2D eigenvalue weighted by molar-refractivity contribution is 0.0954. The molecule has 0 aliphatic rings. The van der Waals surface area contributed by atoms with E-state index < -0.39 is 0 Å². The zero-order valence-corrected chi connectivity index (χ0v) is 13.7. The van der Waals surface area contributed by atoms with E-state index in [1.54, 1.807) is 30.3 Å². The first-order valence-electron chi connectivity index (χ1n) is 7.78. The van der Waals surface area contributed by atoms with E-state index in [0.29, 0.717) is 29.2 Å². The third kappa shape index (κ3) is 4.19. The quantitative estimate of drug-likeness (QED) is 0.646. The van der Waals surface area contributed by atoms with Gasteiger partial charge in [0, 0.05) is 11.1 Å². The number of phenols is 1. The molecule has 4 heteroatoms. The predicted molar refractivity (Wildman–Crippen MR) is 92.9 cm³/mol. The summed E-state index contributed by atoms with van der Waals surface area (Å²) in [5, 5.41) is 14.0. The Bertz CT molecular complexity index is 704. The lowest BCUT2D eigenvalue weighted by Crippen LogP contribution is -2.20. The molecule has 2 aromatic carbocycles. The summed E-state index contributed by atoms with van der Waals surface area (Å²) in [4.78, 5) is 12.2. The van der Waals surface area contributed by atoms with Gasteiger partial charge in [-0.1, -0.05) is 45.0 Å². The largest absolute Gasteiger partial charge is 0.507 e. The first-order chi connectivity index (χ1) is 11.0. The molecule has 0 aliphatic carbocycles. The van der Waals surface area contributed by atoms with Crippen molar-refractivity contribution in [3.63, 3.8) is 0 Å². The number of carbonyl (C=O) groups is 1. The van der Waals surface area contributed by atoms with Crippen LogP contribution in [0.25, 0.3) is 0 Å². The summed E-state index contributed by atoms with van der Waals surface area (Å²) in [7, 11) is 0. The fraction of sp³-hybridized carbons (Fsp3) is 0.263. The van der Waals surface area contributed by atoms with Crippen LogP contribution < -0.4 is 5.43 Å². The molecular formula is C19H22N2O2. The zero-order chi connectivity index (χ0) is 16.8. The van der Waals surface area contributed by atoms with E-state index in [0.717, 1.165) is 0 Å². The van der Waals surface area contributed by atoms with Crippen LogP contribution in [-0.4, -0.2) is 16.7 Å². The Labute approximate surface area is 136 Å². The SMILES string of the molecule is CC/C(=N\NC(=O)c1ccc(C(C)C)cc1)c1ccccc1O. The molecule has 120 valence electrons. The second-order valence-corrected chi connectivity index (χ2v) is 5.65. The molecule has 0 heterocycles. The van der Waals surface area contributed by atoms with Gasteiger partial charge in [-0.3, -0.25) is 4.79 Å². The lowest BCUT2D eigenvalue weighted by atomic mass is 10.0. The number of para-hydroxylation sites is 1. The third-order valence-corrected chi connectivity index (χ3v) is 3.68. The first kappa shape index (κ1) is 16.7. The first-order valence-corrected chi connectivity index (χ1v) is 7.78. The molecule has 0 fully saturated rings. The number of carbonyl (C=O) groups excluding carboxylic acids is 1. The molecule has 0 saturated heterocycles. The van der Waals surface area contributed by atoms with Gasteiger partial charge in [-0.25, -0.2) is 5.43 Å². The van der Waals surface area contributed by atoms with Crippen molar-refractivity contribution in [3.8, 4) is 5.75 Å². The van der Waals surface area contributed by atoms with E-state index in [4.69, 9.17) is 0 Å². The minimum atomic E-state index is -0.262. The van der Waals surface area contributed by atoms with Crippen LogP contribution in [0, 0.1) is 0 Å². The number of hydrogen-bond acceptors (Lipinski definition) is 3. The number of aromatic hydroxyl groups is 1. The van der Waals surface area contributed by atoms with Gasteiger partial charge in [0.05, 0.1) is 5.71 Å². The van der Waals surface area contributed by atoms with Gasteiger partial charge in [0.2, 0.25) is 0 Å². The standard InChI is InChI=1S/C19H22N2O2/c1-4-17(16-7-5-6-8-18(16)22)20-21-19(23)15-11-9-14(10-12-15)13(2)3/h5-13,22H,4H2,1-3H3,(H,21,23)/b20-17+. The fourth-order valence-corrected chi connectivity index (χ4v) is 2.25. The minimum absolute atomic E-state index is 0.156. The van der Waals surface area contributed by atoms with Crippen molar-refractivity contribution in [3.05, 3.63) is 65.2 Å². The predicted octanol–water partition coefficient (Wildman–Crippen LogP) is 4.06. The lowest BCUT2D eigenvalue weighted by Gasteiger charge is -2.08. The van der Waals surface area contributed by atoms with E-state index in [-0.39, 0.29) is 11.7 Å². The molecular weight excluding hydrogens is 288 g/mol. The van der Waals surface area contributed by atoms with Crippen LogP contribution in [0.15, 0.2) is 53.6 Å². The van der Waals surface area contributed by atoms with Crippen molar-refractivity contribution in [2.45, 2.75) is 33.1 Å². The van der Waals surface area contributed by atoms with E-state index >= 15 is 0 Å². The highest BCUT2D eigenvalue weighted by Crippen LogP contribution is 2.18. The molecule has 0 saturated carbocycles. The topological polar surface area (TPSA) is 61.7 Å². The highest BCUT2D eigenvalue weighted by molar-refractivity contribution is 6.03. The number of amides is 1. The van der Waals surface area contributed by atoms with Gasteiger partial charge in [0.1, 0.15) is 5.75 Å². The van der Waals surface area contributed by atoms with Crippen LogP contribution in [0.3, 0.4) is 0 Å². The van der Waals surface area contributed by atoms with E-state index in [1.165, 1.54) is 5.56 Å². The van der Waals surface area contributed by atoms with Gasteiger partial charge >= 0.3 is 0 Å². The normalized spacial score (nSPS) is 11.6. The van der Waals surface area contributed by atoms with Crippen LogP contribution in [-0.2, 0) is 0 Å². The molecule has 0 radical (unpaired) electrons. The maximum absolute atomic E-state index is 12.2. The van der Waals surface area contributed by atoms with Crippen LogP contribution in [0.5, 0.6) is 5.75 Å². The summed E-state index contributed by atoms with van der Waals surface area (Å²) >= 11 is 0. The molecule has 4 nitrogen and oxygen atoms in total. The molecule has 23 heavy (non-hydrogen) atoms. The molecule has 0 aromatic heterocycles. The van der Waals surface area contributed by atoms with Crippen molar-refractivity contribution in [2.75, 3.05) is 0 Å². The average Bonchev–Trinajstić information content (AvgIpc) is 2.56. The Morgan fingerprint density at radius 1 is 1.13 bits per heavy atom. The van der Waals surface area contributed by atoms with Gasteiger partial charge in [0.15, 0.2) is 0 Å². The fourth-order valence-electron chi connectivity index (χ4n) is 2.25. The Kier molecular flexibility index (Phi) is 5.52. The van der Waals surface area contributed by atoms with Gasteiger partial charge in [-0.05, 0) is 42.2 Å². The summed E-state index contributed by atoms with van der Waals surface area (Å²) in [5.41, 5.74) is 5.58. The molecule has 2 N–H and O–H groups in total. The molecule has 0 spiro atoms. The average molecular weight is 310 g/mol. The van der Waals surface area contributed by atoms with Gasteiger partial charge in [-0.2, -0.15) is 5.10 Å². The summed E-state index contributed by atoms with van der Waals surface area (Å²) in [6, 6.07) is 14.5. The molecule has 0 aliphatic heterocycles. The summed E-state index contributed by atoms with van der Waals surface area (Å²) in [6.45, 7) is 6.15. The van der Waals surface area contributed by atoms with Crippen molar-refractivity contribution in [1.29, 1.82) is 0 Å². The smallest absolute Gasteiger partial charge is 0.271 e. The highest BCUT2D eigenvalue weighted by Gasteiger charge is 2.09. The summed E-state index contributed by atoms with van der Waals surface area (Å²) in [5.74, 6) is 0.322. The number of benzene rings is 2. The second-order valence-electron chi connectivity index (χ2n) is 5.65. The molecule has 1 amide bonds. The Morgan fingerprint density at radius 3 is 2.35 bits per heavy atom. The number of nitrogens with zero attached hydrogens (tertiary/aromatic N) is 1. The van der Waals surface area contributed by atoms with E-state index in [1.807, 2.05) is 25.1 Å². The molecule has 0 atom stereocenters. The van der Waals surface area contributed by atoms with Crippen LogP contribution >= 0.6 is 0 Å². The van der Waals surface area contributed by atoms with Crippen molar-refractivity contribution >= 4 is 11.6 Å². The molecule has 2 rings (SSSR count). The van der Waals surface area contributed by atoms with Crippen molar-refractivity contribution in [2.24, 2.45) is 5.10 Å². The maximum atomic E-state index is 12.2. The Hall–Kier alpha value is -2.62. The number of hydrazone groups is 1. The Morgan fingerprint density at radius 2 is 1.78 bits per heavy atom. The number of hydrogen-bond donors (Lipinski definition) is 2. The maximum Gasteiger partial charge on any atom is 0.271 e. The summed E-state index contributed by atoms with van der Waals surface area (Å²) in [6.07, 6.45) is 0.601. The summed E-state index contributed by atoms with van der Waals surface area (Å²) < 4.78 is 0. The zero-order valence-electron chi connectivity index (χ0n) is 13.7. The van der Waals surface area contributed by atoms with E-state index in [9.17, 15) is 9.90 Å². The van der Waals surface area contributed by atoms with Crippen LogP contribution in [0.4, 0.5) is 0 Å². The van der Waals surface area contributed by atoms with Gasteiger partial charge < -0.3 is 5.11 Å². The molecule has 0 bridgehead atoms. The van der Waals surface area contributed by atoms with E-state index in [2.05, 4.69) is 24.4 Å². The van der Waals surface area contributed by atoms with Crippen molar-refractivity contribution < 1.29 is 9.90 Å². The monoisotopic (exact) mass is 310 g/mol. The van der Waals surface area contributed by atoms with Crippen molar-refractivity contribution in [1.82, 2.24) is 5.43 Å².